The van der Waals surface area contributed by atoms with E-state index >= 15 is 0 Å². The summed E-state index contributed by atoms with van der Waals surface area (Å²) in [5.74, 6) is -0.143. The molecule has 3 rings (SSSR count). The van der Waals surface area contributed by atoms with Crippen molar-refractivity contribution in [2.75, 3.05) is 18.0 Å². The van der Waals surface area contributed by atoms with Crippen molar-refractivity contribution in [1.29, 1.82) is 0 Å². The number of benzene rings is 1. The largest absolute Gasteiger partial charge is 0.362 e. The smallest absolute Gasteiger partial charge is 0.259 e. The number of rotatable bonds is 7. The number of carbonyl (C=O) groups is 1. The van der Waals surface area contributed by atoms with E-state index < -0.39 is 0 Å². The van der Waals surface area contributed by atoms with Gasteiger partial charge in [0, 0.05) is 18.8 Å². The minimum absolute atomic E-state index is 0.143. The van der Waals surface area contributed by atoms with Crippen molar-refractivity contribution in [2.45, 2.75) is 46.1 Å². The maximum absolute atomic E-state index is 12.3. The van der Waals surface area contributed by atoms with Gasteiger partial charge in [-0.25, -0.2) is 5.43 Å². The molecule has 0 unspecified atom stereocenters. The lowest BCUT2D eigenvalue weighted by Gasteiger charge is -2.30. The summed E-state index contributed by atoms with van der Waals surface area (Å²) in [6.07, 6.45) is 5.79. The van der Waals surface area contributed by atoms with Crippen LogP contribution in [0.4, 0.5) is 5.69 Å². The number of anilines is 1. The van der Waals surface area contributed by atoms with Crippen molar-refractivity contribution < 1.29 is 4.79 Å². The van der Waals surface area contributed by atoms with Gasteiger partial charge in [0.05, 0.1) is 24.0 Å². The molecular weight excluding hydrogens is 362 g/mol. The molecule has 0 bridgehead atoms. The summed E-state index contributed by atoms with van der Waals surface area (Å²) >= 11 is 6.38. The second-order valence-electron chi connectivity index (χ2n) is 6.81. The lowest BCUT2D eigenvalue weighted by atomic mass is 10.0. The molecule has 0 radical (unpaired) electrons. The Morgan fingerprint density at radius 3 is 3.04 bits per heavy atom. The number of carbonyl (C=O) groups excluding carboxylic acids is 1. The summed E-state index contributed by atoms with van der Waals surface area (Å²) in [6, 6.07) is 8.24. The fourth-order valence-corrected chi connectivity index (χ4v) is 3.63. The highest BCUT2D eigenvalue weighted by atomic mass is 35.5. The molecule has 0 fully saturated rings. The Morgan fingerprint density at radius 2 is 2.22 bits per heavy atom. The minimum Gasteiger partial charge on any atom is -0.362 e. The molecule has 1 aromatic carbocycles. The molecule has 1 amide bonds. The Balaban J connectivity index is 1.59. The molecule has 144 valence electrons. The highest BCUT2D eigenvalue weighted by Gasteiger charge is 2.18. The number of aryl methyl sites for hydroxylation is 3. The Hall–Kier alpha value is -2.34. The molecule has 2 heterocycles. The van der Waals surface area contributed by atoms with Gasteiger partial charge in [-0.3, -0.25) is 9.48 Å². The number of hydrogen-bond acceptors (Lipinski definition) is 4. The Kier molecular flexibility index (Phi) is 6.50. The lowest BCUT2D eigenvalue weighted by Crippen LogP contribution is -2.38. The van der Waals surface area contributed by atoms with Crippen molar-refractivity contribution in [3.8, 4) is 0 Å². The Labute approximate surface area is 165 Å². The summed E-state index contributed by atoms with van der Waals surface area (Å²) in [4.78, 5) is 14.4. The first-order valence-electron chi connectivity index (χ1n) is 9.47. The predicted molar refractivity (Wildman–Crippen MR) is 110 cm³/mol. The number of halogens is 1. The van der Waals surface area contributed by atoms with Gasteiger partial charge < -0.3 is 4.90 Å². The van der Waals surface area contributed by atoms with Crippen LogP contribution < -0.4 is 10.3 Å². The molecule has 0 atom stereocenters. The van der Waals surface area contributed by atoms with Crippen molar-refractivity contribution in [2.24, 2.45) is 5.10 Å². The van der Waals surface area contributed by atoms with Crippen molar-refractivity contribution >= 4 is 29.4 Å². The third kappa shape index (κ3) is 4.69. The first-order chi connectivity index (χ1) is 13.1. The third-order valence-electron chi connectivity index (χ3n) is 4.76. The summed E-state index contributed by atoms with van der Waals surface area (Å²) in [5.41, 5.74) is 6.59. The van der Waals surface area contributed by atoms with Crippen molar-refractivity contribution in [3.63, 3.8) is 0 Å². The first kappa shape index (κ1) is 19.4. The van der Waals surface area contributed by atoms with Crippen LogP contribution in [0.3, 0.4) is 0 Å². The fraction of sp³-hybridized carbons (Fsp3) is 0.450. The molecule has 1 aromatic heterocycles. The molecule has 1 N–H and O–H groups in total. The molecule has 6 nitrogen and oxygen atoms in total. The van der Waals surface area contributed by atoms with Crippen LogP contribution in [0.15, 0.2) is 29.4 Å². The van der Waals surface area contributed by atoms with E-state index in [1.54, 1.807) is 10.9 Å². The van der Waals surface area contributed by atoms with Gasteiger partial charge in [0.25, 0.3) is 5.91 Å². The minimum atomic E-state index is -0.143. The van der Waals surface area contributed by atoms with Crippen molar-refractivity contribution in [3.05, 3.63) is 46.2 Å². The molecular formula is C20H26ClN5O. The zero-order valence-electron chi connectivity index (χ0n) is 15.9. The summed E-state index contributed by atoms with van der Waals surface area (Å²) in [6.45, 7) is 5.97. The second kappa shape index (κ2) is 9.04. The van der Waals surface area contributed by atoms with Gasteiger partial charge in [-0.1, -0.05) is 43.1 Å². The molecule has 1 aliphatic rings. The molecule has 7 heteroatoms. The van der Waals surface area contributed by atoms with Crippen molar-refractivity contribution in [1.82, 2.24) is 15.2 Å². The fourth-order valence-electron chi connectivity index (χ4n) is 3.32. The van der Waals surface area contributed by atoms with Gasteiger partial charge in [-0.05, 0) is 37.8 Å². The molecule has 27 heavy (non-hydrogen) atoms. The topological polar surface area (TPSA) is 62.5 Å². The number of hydrogen-bond donors (Lipinski definition) is 1. The van der Waals surface area contributed by atoms with Gasteiger partial charge in [0.15, 0.2) is 0 Å². The van der Waals surface area contributed by atoms with E-state index in [0.29, 0.717) is 5.15 Å². The highest BCUT2D eigenvalue weighted by molar-refractivity contribution is 6.32. The van der Waals surface area contributed by atoms with Crippen LogP contribution >= 0.6 is 11.6 Å². The molecule has 1 aliphatic heterocycles. The Bertz CT molecular complexity index is 830. The van der Waals surface area contributed by atoms with Crippen LogP contribution in [0.25, 0.3) is 0 Å². The van der Waals surface area contributed by atoms with E-state index in [2.05, 4.69) is 39.6 Å². The number of nitrogens with one attached hydrogen (secondary N) is 1. The summed E-state index contributed by atoms with van der Waals surface area (Å²) in [7, 11) is 0. The zero-order chi connectivity index (χ0) is 19.2. The number of nitrogens with zero attached hydrogens (tertiary/aromatic N) is 4. The van der Waals surface area contributed by atoms with Gasteiger partial charge in [-0.15, -0.1) is 0 Å². The normalized spacial score (nSPS) is 13.8. The standard InChI is InChI=1S/C20H26ClN5O/c1-3-4-12-26-20(21)17(15(2)24-26)13-22-23-19(27)14-25-11-7-9-16-8-5-6-10-18(16)25/h5-6,8,10,13H,3-4,7,9,11-12,14H2,1-2H3,(H,23,27)/b22-13-. The molecule has 0 aliphatic carbocycles. The van der Waals surface area contributed by atoms with Crippen LogP contribution in [-0.2, 0) is 17.8 Å². The maximum atomic E-state index is 12.3. The summed E-state index contributed by atoms with van der Waals surface area (Å²) < 4.78 is 1.79. The number of fused-ring (bicyclic) bond motifs is 1. The van der Waals surface area contributed by atoms with Gasteiger partial charge in [0.1, 0.15) is 5.15 Å². The lowest BCUT2D eigenvalue weighted by molar-refractivity contribution is -0.119. The predicted octanol–water partition coefficient (Wildman–Crippen LogP) is 3.55. The second-order valence-corrected chi connectivity index (χ2v) is 7.17. The van der Waals surface area contributed by atoms with Crippen LogP contribution in [0.2, 0.25) is 5.15 Å². The van der Waals surface area contributed by atoms with E-state index in [1.807, 2.05) is 19.1 Å². The average Bonchev–Trinajstić information content (AvgIpc) is 2.94. The van der Waals surface area contributed by atoms with Crippen LogP contribution in [-0.4, -0.2) is 35.0 Å². The monoisotopic (exact) mass is 387 g/mol. The van der Waals surface area contributed by atoms with Gasteiger partial charge in [0.2, 0.25) is 0 Å². The van der Waals surface area contributed by atoms with Gasteiger partial charge in [-0.2, -0.15) is 10.2 Å². The molecule has 0 saturated heterocycles. The van der Waals surface area contributed by atoms with E-state index in [-0.39, 0.29) is 12.5 Å². The average molecular weight is 388 g/mol. The Morgan fingerprint density at radius 1 is 1.41 bits per heavy atom. The zero-order valence-corrected chi connectivity index (χ0v) is 16.7. The van der Waals surface area contributed by atoms with Crippen LogP contribution in [0, 0.1) is 6.92 Å². The maximum Gasteiger partial charge on any atom is 0.259 e. The number of para-hydroxylation sites is 1. The highest BCUT2D eigenvalue weighted by Crippen LogP contribution is 2.26. The molecule has 2 aromatic rings. The third-order valence-corrected chi connectivity index (χ3v) is 5.16. The number of amides is 1. The number of aromatic nitrogens is 2. The SMILES string of the molecule is CCCCn1nc(C)c(/C=N\NC(=O)CN2CCCc3ccccc32)c1Cl. The molecule has 0 saturated carbocycles. The number of hydrazone groups is 1. The van der Waals surface area contributed by atoms with E-state index in [1.165, 1.54) is 5.56 Å². The number of unbranched alkanes of at least 4 members (excludes halogenated alkanes) is 1. The van der Waals surface area contributed by atoms with Crippen LogP contribution in [0.1, 0.15) is 43.0 Å². The first-order valence-corrected chi connectivity index (χ1v) is 9.85. The quantitative estimate of drug-likeness (QED) is 0.583. The summed E-state index contributed by atoms with van der Waals surface area (Å²) in [5, 5.41) is 9.09. The van der Waals surface area contributed by atoms with E-state index in [4.69, 9.17) is 11.6 Å². The van der Waals surface area contributed by atoms with Gasteiger partial charge >= 0.3 is 0 Å². The van der Waals surface area contributed by atoms with Crippen LogP contribution in [0.5, 0.6) is 0 Å². The van der Waals surface area contributed by atoms with E-state index in [0.717, 1.165) is 55.7 Å². The van der Waals surface area contributed by atoms with E-state index in [9.17, 15) is 4.79 Å². The molecule has 0 spiro atoms.